The van der Waals surface area contributed by atoms with E-state index in [9.17, 15) is 37.3 Å². The van der Waals surface area contributed by atoms with Crippen molar-refractivity contribution in [3.8, 4) is 0 Å². The van der Waals surface area contributed by atoms with Crippen LogP contribution in [0.25, 0.3) is 21.8 Å². The fourth-order valence-electron chi connectivity index (χ4n) is 5.16. The van der Waals surface area contributed by atoms with Crippen molar-refractivity contribution >= 4 is 67.9 Å². The topological polar surface area (TPSA) is 172 Å². The number of hydrogen-bond acceptors (Lipinski definition) is 11. The predicted molar refractivity (Wildman–Crippen MR) is 186 cm³/mol. The summed E-state index contributed by atoms with van der Waals surface area (Å²) in [6.45, 7) is 3.53. The van der Waals surface area contributed by atoms with Gasteiger partial charge in [0.15, 0.2) is 0 Å². The second-order valence-corrected chi connectivity index (χ2v) is 10.6. The number of fused-ring (bicyclic) bond motifs is 2. The van der Waals surface area contributed by atoms with Gasteiger partial charge in [-0.05, 0) is 74.5 Å². The Labute approximate surface area is 292 Å². The molecule has 0 aliphatic carbocycles. The highest BCUT2D eigenvalue weighted by molar-refractivity contribution is 6.01. The zero-order valence-corrected chi connectivity index (χ0v) is 27.4. The number of carbonyl (C=O) groups excluding carboxylic acids is 2. The summed E-state index contributed by atoms with van der Waals surface area (Å²) in [5.74, 6) is -4.14. The normalized spacial score (nSPS) is 10.7. The van der Waals surface area contributed by atoms with Gasteiger partial charge in [-0.15, -0.1) is 0 Å². The number of carbonyl (C=O) groups is 2. The zero-order valence-electron chi connectivity index (χ0n) is 27.4. The number of hydrogen-bond donors (Lipinski definition) is 3. The van der Waals surface area contributed by atoms with Gasteiger partial charge in [0.1, 0.15) is 45.6 Å². The van der Waals surface area contributed by atoms with Crippen LogP contribution >= 0.6 is 0 Å². The maximum Gasteiger partial charge on any atom is 0.345 e. The molecule has 0 aliphatic heterocycles. The van der Waals surface area contributed by atoms with Crippen LogP contribution in [0.2, 0.25) is 0 Å². The summed E-state index contributed by atoms with van der Waals surface area (Å²) >= 11 is 0. The van der Waals surface area contributed by atoms with E-state index in [0.29, 0.717) is 5.69 Å². The molecule has 0 saturated heterocycles. The van der Waals surface area contributed by atoms with Crippen molar-refractivity contribution in [2.24, 2.45) is 0 Å². The fourth-order valence-corrected chi connectivity index (χ4v) is 5.16. The Hall–Kier alpha value is -6.84. The van der Waals surface area contributed by atoms with Gasteiger partial charge >= 0.3 is 17.6 Å². The summed E-state index contributed by atoms with van der Waals surface area (Å²) in [5.41, 5.74) is 5.95. The number of nitrogen functional groups attached to an aromatic ring is 1. The maximum atomic E-state index is 14.2. The van der Waals surface area contributed by atoms with Crippen LogP contribution in [-0.4, -0.2) is 40.0 Å². The second kappa shape index (κ2) is 15.8. The molecule has 2 aromatic heterocycles. The van der Waals surface area contributed by atoms with Gasteiger partial charge in [0.05, 0.1) is 57.2 Å². The number of rotatable bonds is 9. The number of anilines is 5. The minimum Gasteiger partial charge on any atom is -0.462 e. The molecule has 0 radical (unpaired) electrons. The molecule has 4 aromatic carbocycles. The van der Waals surface area contributed by atoms with E-state index in [-0.39, 0.29) is 68.9 Å². The van der Waals surface area contributed by atoms with E-state index in [0.717, 1.165) is 24.3 Å². The van der Waals surface area contributed by atoms with Crippen LogP contribution < -0.4 is 16.4 Å². The first kappa shape index (κ1) is 36.4. The molecule has 6 rings (SSSR count). The summed E-state index contributed by atoms with van der Waals surface area (Å²) in [4.78, 5) is 42.4. The number of pyridine rings is 2. The summed E-state index contributed by atoms with van der Waals surface area (Å²) in [7, 11) is 0. The van der Waals surface area contributed by atoms with E-state index in [2.05, 4.69) is 20.6 Å². The van der Waals surface area contributed by atoms with Gasteiger partial charge < -0.3 is 25.8 Å². The number of ether oxygens (including phenoxy) is 2. The quantitative estimate of drug-likeness (QED) is 0.0432. The summed E-state index contributed by atoms with van der Waals surface area (Å²) < 4.78 is 66.0. The molecule has 2 heterocycles. The molecule has 0 atom stereocenters. The molecule has 16 heteroatoms. The van der Waals surface area contributed by atoms with Gasteiger partial charge in [0.2, 0.25) is 0 Å². The zero-order chi connectivity index (χ0) is 37.5. The SMILES string of the molecule is CCOC(=O)c1cccc(Nc2ccnc3c(F)ccc(F)c23)c1N.CCOC(=O)c1cccc(Nc2ccnc3c(F)ccc(F)c23)c1[N+](=O)[O-]. The molecule has 0 saturated carbocycles. The fraction of sp³-hybridized carbons (Fsp3) is 0.111. The Balaban J connectivity index is 0.000000202. The van der Waals surface area contributed by atoms with Crippen molar-refractivity contribution in [2.75, 3.05) is 29.6 Å². The third kappa shape index (κ3) is 7.50. The molecule has 12 nitrogen and oxygen atoms in total. The van der Waals surface area contributed by atoms with E-state index in [1.807, 2.05) is 0 Å². The summed E-state index contributed by atoms with van der Waals surface area (Å²) in [6, 6.07) is 15.6. The Bertz CT molecular complexity index is 2340. The molecular weight excluding hydrogens is 688 g/mol. The third-order valence-electron chi connectivity index (χ3n) is 7.44. The van der Waals surface area contributed by atoms with Crippen LogP contribution in [0, 0.1) is 33.4 Å². The number of nitrogens with two attached hydrogens (primary N) is 1. The Morgan fingerprint density at radius 3 is 1.62 bits per heavy atom. The summed E-state index contributed by atoms with van der Waals surface area (Å²) in [5, 5.41) is 17.0. The van der Waals surface area contributed by atoms with E-state index in [1.165, 1.54) is 48.8 Å². The number of benzene rings is 4. The number of nitrogens with zero attached hydrogens (tertiary/aromatic N) is 3. The third-order valence-corrected chi connectivity index (χ3v) is 7.44. The minimum atomic E-state index is -0.857. The molecule has 0 bridgehead atoms. The van der Waals surface area contributed by atoms with Crippen LogP contribution in [0.5, 0.6) is 0 Å². The number of para-hydroxylation sites is 2. The smallest absolute Gasteiger partial charge is 0.345 e. The lowest BCUT2D eigenvalue weighted by molar-refractivity contribution is -0.384. The van der Waals surface area contributed by atoms with Crippen LogP contribution in [0.15, 0.2) is 85.2 Å². The lowest BCUT2D eigenvalue weighted by Gasteiger charge is -2.14. The van der Waals surface area contributed by atoms with Crippen molar-refractivity contribution in [3.05, 3.63) is 130 Å². The highest BCUT2D eigenvalue weighted by atomic mass is 19.1. The van der Waals surface area contributed by atoms with E-state index >= 15 is 0 Å². The number of halogens is 4. The van der Waals surface area contributed by atoms with Crippen molar-refractivity contribution in [1.82, 2.24) is 9.97 Å². The van der Waals surface area contributed by atoms with E-state index in [1.54, 1.807) is 26.0 Å². The lowest BCUT2D eigenvalue weighted by Crippen LogP contribution is -2.09. The van der Waals surface area contributed by atoms with Crippen molar-refractivity contribution in [3.63, 3.8) is 0 Å². The molecule has 6 aromatic rings. The van der Waals surface area contributed by atoms with E-state index in [4.69, 9.17) is 15.2 Å². The number of nitro groups is 1. The number of nitrogens with one attached hydrogen (secondary N) is 2. The molecule has 0 unspecified atom stereocenters. The van der Waals surface area contributed by atoms with Gasteiger partial charge in [-0.25, -0.2) is 27.2 Å². The van der Waals surface area contributed by atoms with Crippen LogP contribution in [0.4, 0.5) is 51.7 Å². The molecular formula is C36H28F4N6O6. The minimum absolute atomic E-state index is 0.00318. The Morgan fingerprint density at radius 2 is 1.12 bits per heavy atom. The number of nitro benzene ring substituents is 1. The largest absolute Gasteiger partial charge is 0.462 e. The van der Waals surface area contributed by atoms with Gasteiger partial charge in [-0.2, -0.15) is 0 Å². The number of aromatic nitrogens is 2. The lowest BCUT2D eigenvalue weighted by atomic mass is 10.1. The van der Waals surface area contributed by atoms with Gasteiger partial charge in [-0.1, -0.05) is 12.1 Å². The second-order valence-electron chi connectivity index (χ2n) is 10.6. The first-order valence-electron chi connectivity index (χ1n) is 15.5. The van der Waals surface area contributed by atoms with Crippen LogP contribution in [0.3, 0.4) is 0 Å². The Morgan fingerprint density at radius 1 is 0.673 bits per heavy atom. The molecule has 0 aliphatic rings. The monoisotopic (exact) mass is 716 g/mol. The van der Waals surface area contributed by atoms with Crippen molar-refractivity contribution < 1.29 is 41.5 Å². The van der Waals surface area contributed by atoms with Gasteiger partial charge in [0, 0.05) is 12.4 Å². The van der Waals surface area contributed by atoms with Crippen molar-refractivity contribution in [2.45, 2.75) is 13.8 Å². The Kier molecular flexibility index (Phi) is 11.1. The van der Waals surface area contributed by atoms with Crippen molar-refractivity contribution in [1.29, 1.82) is 0 Å². The van der Waals surface area contributed by atoms with Gasteiger partial charge in [0.25, 0.3) is 0 Å². The molecule has 52 heavy (non-hydrogen) atoms. The standard InChI is InChI=1S/C18H13F2N3O4.C18H15F2N3O2/c1-2-27-18(24)10-4-3-5-14(17(10)23(25)26)22-13-8-9-21-16-12(20)7-6-11(19)15(13)16;1-2-25-18(24)10-4-3-5-14(16(10)21)23-13-8-9-22-17-12(20)7-6-11(19)15(13)17/h3-9H,2H2,1H3,(H,21,22);3-9H,2,21H2,1H3,(H,22,23). The van der Waals surface area contributed by atoms with E-state index < -0.39 is 45.8 Å². The van der Waals surface area contributed by atoms with Crippen LogP contribution in [0.1, 0.15) is 34.6 Å². The highest BCUT2D eigenvalue weighted by Gasteiger charge is 2.26. The predicted octanol–water partition coefficient (Wildman–Crippen LogP) is 8.36. The molecule has 266 valence electrons. The average molecular weight is 717 g/mol. The molecule has 0 spiro atoms. The molecule has 0 fully saturated rings. The first-order valence-corrected chi connectivity index (χ1v) is 15.5. The van der Waals surface area contributed by atoms with Gasteiger partial charge in [-0.3, -0.25) is 20.1 Å². The molecule has 4 N–H and O–H groups in total. The molecule has 0 amide bonds. The highest BCUT2D eigenvalue weighted by Crippen LogP contribution is 2.36. The van der Waals surface area contributed by atoms with Crippen LogP contribution in [-0.2, 0) is 9.47 Å². The maximum absolute atomic E-state index is 14.2. The first-order chi connectivity index (χ1) is 25.0. The summed E-state index contributed by atoms with van der Waals surface area (Å²) in [6.07, 6.45) is 2.60. The number of esters is 2. The average Bonchev–Trinajstić information content (AvgIpc) is 3.12.